The molecule has 26 heavy (non-hydrogen) atoms. The fourth-order valence-electron chi connectivity index (χ4n) is 3.23. The van der Waals surface area contributed by atoms with Crippen molar-refractivity contribution in [2.24, 2.45) is 0 Å². The smallest absolute Gasteiger partial charge is 0.241 e. The van der Waals surface area contributed by atoms with Crippen molar-refractivity contribution in [3.63, 3.8) is 0 Å². The molecule has 1 aromatic heterocycles. The van der Waals surface area contributed by atoms with Crippen molar-refractivity contribution in [3.05, 3.63) is 48.3 Å². The van der Waals surface area contributed by atoms with E-state index in [2.05, 4.69) is 9.29 Å². The third-order valence-corrected chi connectivity index (χ3v) is 6.25. The van der Waals surface area contributed by atoms with Crippen LogP contribution in [0.25, 0.3) is 0 Å². The molecule has 3 rings (SSSR count). The van der Waals surface area contributed by atoms with Crippen LogP contribution in [0.5, 0.6) is 5.75 Å². The summed E-state index contributed by atoms with van der Waals surface area (Å²) in [7, 11) is -2.28. The number of ether oxygens (including phenoxy) is 1. The molecule has 1 unspecified atom stereocenters. The molecule has 7 nitrogen and oxygen atoms in total. The van der Waals surface area contributed by atoms with E-state index in [-0.39, 0.29) is 16.8 Å². The zero-order valence-electron chi connectivity index (χ0n) is 15.0. The second-order valence-electron chi connectivity index (χ2n) is 6.35. The van der Waals surface area contributed by atoms with E-state index in [1.807, 2.05) is 25.3 Å². The van der Waals surface area contributed by atoms with Gasteiger partial charge in [-0.1, -0.05) is 0 Å². The van der Waals surface area contributed by atoms with Crippen LogP contribution in [0.2, 0.25) is 0 Å². The first-order chi connectivity index (χ1) is 12.3. The highest BCUT2D eigenvalue weighted by molar-refractivity contribution is 7.89. The van der Waals surface area contributed by atoms with Gasteiger partial charge in [-0.15, -0.1) is 0 Å². The van der Waals surface area contributed by atoms with Crippen molar-refractivity contribution in [3.8, 4) is 5.75 Å². The van der Waals surface area contributed by atoms with Gasteiger partial charge in [0.15, 0.2) is 0 Å². The molecule has 0 saturated heterocycles. The summed E-state index contributed by atoms with van der Waals surface area (Å²) in [5.41, 5.74) is 1.05. The number of methoxy groups -OCH3 is 1. The molecular formula is C18H23N3O4S. The van der Waals surface area contributed by atoms with E-state index in [0.717, 1.165) is 5.69 Å². The monoisotopic (exact) mass is 377 g/mol. The number of fused-ring (bicyclic) bond motifs is 1. The predicted octanol–water partition coefficient (Wildman–Crippen LogP) is 1.77. The van der Waals surface area contributed by atoms with Gasteiger partial charge in [0.25, 0.3) is 0 Å². The largest absolute Gasteiger partial charge is 0.497 e. The van der Waals surface area contributed by atoms with E-state index < -0.39 is 16.1 Å². The van der Waals surface area contributed by atoms with Crippen molar-refractivity contribution in [1.82, 2.24) is 14.2 Å². The molecule has 1 amide bonds. The van der Waals surface area contributed by atoms with Gasteiger partial charge in [0.1, 0.15) is 5.75 Å². The maximum atomic E-state index is 12.8. The van der Waals surface area contributed by atoms with Crippen LogP contribution in [0, 0.1) is 0 Å². The molecule has 1 aliphatic rings. The van der Waals surface area contributed by atoms with Crippen LogP contribution in [-0.4, -0.2) is 43.5 Å². The van der Waals surface area contributed by atoms with Crippen LogP contribution in [0.1, 0.15) is 25.6 Å². The number of amides is 1. The summed E-state index contributed by atoms with van der Waals surface area (Å²) in [6.45, 7) is 4.78. The number of nitrogens with zero attached hydrogens (tertiary/aromatic N) is 2. The van der Waals surface area contributed by atoms with E-state index >= 15 is 0 Å². The Morgan fingerprint density at radius 2 is 1.92 bits per heavy atom. The first-order valence-electron chi connectivity index (χ1n) is 8.45. The Hall–Kier alpha value is -2.32. The van der Waals surface area contributed by atoms with E-state index in [9.17, 15) is 13.2 Å². The molecule has 2 atom stereocenters. The molecule has 2 heterocycles. The quantitative estimate of drug-likeness (QED) is 0.861. The molecular weight excluding hydrogens is 354 g/mol. The number of sulfonamides is 1. The minimum atomic E-state index is -3.79. The first kappa shape index (κ1) is 18.5. The van der Waals surface area contributed by atoms with E-state index in [1.165, 1.54) is 19.2 Å². The van der Waals surface area contributed by atoms with Crippen LogP contribution in [0.4, 0.5) is 0 Å². The van der Waals surface area contributed by atoms with Gasteiger partial charge in [-0.2, -0.15) is 4.72 Å². The Labute approximate surface area is 153 Å². The number of nitrogens with one attached hydrogen (secondary N) is 1. The van der Waals surface area contributed by atoms with Crippen molar-refractivity contribution >= 4 is 15.9 Å². The summed E-state index contributed by atoms with van der Waals surface area (Å²) in [5.74, 6) is 0.334. The molecule has 0 radical (unpaired) electrons. The van der Waals surface area contributed by atoms with Crippen molar-refractivity contribution in [2.75, 3.05) is 13.7 Å². The second-order valence-corrected chi connectivity index (χ2v) is 8.07. The standard InChI is InChI=1S/C18H23N3O4S/c1-13(19-26(23,24)16-8-6-15(25-3)7-9-16)18(22)21-12-11-20-10-4-5-17(20)14(21)2/h4-10,13-14,19H,11-12H2,1-3H3/t13-,14?/m0/s1. The van der Waals surface area contributed by atoms with Gasteiger partial charge >= 0.3 is 0 Å². The molecule has 8 heteroatoms. The number of aromatic nitrogens is 1. The van der Waals surface area contributed by atoms with E-state index in [0.29, 0.717) is 18.8 Å². The summed E-state index contributed by atoms with van der Waals surface area (Å²) in [6.07, 6.45) is 1.99. The van der Waals surface area contributed by atoms with E-state index in [4.69, 9.17) is 4.74 Å². The first-order valence-corrected chi connectivity index (χ1v) is 9.93. The third-order valence-electron chi connectivity index (χ3n) is 4.70. The van der Waals surface area contributed by atoms with Crippen LogP contribution in [-0.2, 0) is 21.4 Å². The highest BCUT2D eigenvalue weighted by Crippen LogP contribution is 2.26. The Balaban J connectivity index is 1.72. The molecule has 0 spiro atoms. The maximum Gasteiger partial charge on any atom is 0.241 e. The second kappa shape index (κ2) is 7.13. The highest BCUT2D eigenvalue weighted by atomic mass is 32.2. The number of hydrogen-bond donors (Lipinski definition) is 1. The Kier molecular flexibility index (Phi) is 5.06. The zero-order valence-corrected chi connectivity index (χ0v) is 15.9. The molecule has 1 N–H and O–H groups in total. The Morgan fingerprint density at radius 1 is 1.23 bits per heavy atom. The molecule has 0 saturated carbocycles. The summed E-state index contributed by atoms with van der Waals surface area (Å²) in [5, 5.41) is 0. The third kappa shape index (κ3) is 3.47. The lowest BCUT2D eigenvalue weighted by atomic mass is 10.1. The number of benzene rings is 1. The average molecular weight is 377 g/mol. The molecule has 0 bridgehead atoms. The van der Waals surface area contributed by atoms with Gasteiger partial charge in [-0.3, -0.25) is 4.79 Å². The fourth-order valence-corrected chi connectivity index (χ4v) is 4.43. The van der Waals surface area contributed by atoms with Gasteiger partial charge in [0, 0.05) is 25.0 Å². The van der Waals surface area contributed by atoms with Gasteiger partial charge in [0.05, 0.1) is 24.1 Å². The lowest BCUT2D eigenvalue weighted by Crippen LogP contribution is -2.50. The highest BCUT2D eigenvalue weighted by Gasteiger charge is 2.32. The summed E-state index contributed by atoms with van der Waals surface area (Å²) in [4.78, 5) is 14.6. The van der Waals surface area contributed by atoms with Crippen molar-refractivity contribution in [1.29, 1.82) is 0 Å². The van der Waals surface area contributed by atoms with Gasteiger partial charge in [0.2, 0.25) is 15.9 Å². The summed E-state index contributed by atoms with van der Waals surface area (Å²) in [6, 6.07) is 9.03. The maximum absolute atomic E-state index is 12.8. The fraction of sp³-hybridized carbons (Fsp3) is 0.389. The minimum Gasteiger partial charge on any atom is -0.497 e. The minimum absolute atomic E-state index is 0.0959. The SMILES string of the molecule is COc1ccc(S(=O)(=O)N[C@@H](C)C(=O)N2CCn3cccc3C2C)cc1. The van der Waals surface area contributed by atoms with Gasteiger partial charge in [-0.25, -0.2) is 8.42 Å². The van der Waals surface area contributed by atoms with Crippen molar-refractivity contribution in [2.45, 2.75) is 37.4 Å². The summed E-state index contributed by atoms with van der Waals surface area (Å²) < 4.78 is 34.7. The van der Waals surface area contributed by atoms with Crippen LogP contribution in [0.15, 0.2) is 47.5 Å². The molecule has 0 aliphatic carbocycles. The molecule has 2 aromatic rings. The van der Waals surface area contributed by atoms with Crippen LogP contribution >= 0.6 is 0 Å². The van der Waals surface area contributed by atoms with Crippen molar-refractivity contribution < 1.29 is 17.9 Å². The van der Waals surface area contributed by atoms with E-state index in [1.54, 1.807) is 24.0 Å². The Bertz CT molecular complexity index is 889. The number of carbonyl (C=O) groups is 1. The lowest BCUT2D eigenvalue weighted by molar-refractivity contribution is -0.135. The van der Waals surface area contributed by atoms with Crippen LogP contribution in [0.3, 0.4) is 0 Å². The lowest BCUT2D eigenvalue weighted by Gasteiger charge is -2.36. The molecule has 0 fully saturated rings. The molecule has 1 aromatic carbocycles. The van der Waals surface area contributed by atoms with Gasteiger partial charge in [-0.05, 0) is 50.2 Å². The molecule has 140 valence electrons. The van der Waals surface area contributed by atoms with Gasteiger partial charge < -0.3 is 14.2 Å². The zero-order chi connectivity index (χ0) is 18.9. The van der Waals surface area contributed by atoms with Crippen LogP contribution < -0.4 is 9.46 Å². The topological polar surface area (TPSA) is 80.6 Å². The number of rotatable bonds is 5. The molecule has 1 aliphatic heterocycles. The summed E-state index contributed by atoms with van der Waals surface area (Å²) >= 11 is 0. The predicted molar refractivity (Wildman–Crippen MR) is 97.3 cm³/mol. The normalized spacial score (nSPS) is 18.3. The number of hydrogen-bond acceptors (Lipinski definition) is 4. The number of carbonyl (C=O) groups excluding carboxylic acids is 1. The average Bonchev–Trinajstić information content (AvgIpc) is 3.11. The Morgan fingerprint density at radius 3 is 2.58 bits per heavy atom.